The second-order valence-electron chi connectivity index (χ2n) is 1.20. The smallest absolute Gasteiger partial charge is 0.0213 e. The van der Waals surface area contributed by atoms with Crippen molar-refractivity contribution in [2.45, 2.75) is 0 Å². The molecule has 2 nitrogen and oxygen atoms in total. The number of hydrazine groups is 1. The minimum Gasteiger partial charge on any atom is -0.269 e. The maximum atomic E-state index is 5.19. The molecule has 0 aromatic carbocycles. The van der Waals surface area contributed by atoms with Crippen LogP contribution in [0.15, 0.2) is 0 Å². The molecule has 0 radical (unpaired) electrons. The van der Waals surface area contributed by atoms with Crippen LogP contribution < -0.4 is 5.84 Å². The zero-order valence-electron chi connectivity index (χ0n) is 3.89. The van der Waals surface area contributed by atoms with Crippen LogP contribution in [0, 0.1) is 0 Å². The highest BCUT2D eigenvalue weighted by molar-refractivity contribution is 7.80. The SMILES string of the molecule is CN(N)CCS. The number of rotatable bonds is 2. The Kier molecular flexibility index (Phi) is 3.62. The van der Waals surface area contributed by atoms with Crippen molar-refractivity contribution in [1.29, 1.82) is 0 Å². The average Bonchev–Trinajstić information content (AvgIpc) is 1.35. The minimum atomic E-state index is 0.826. The van der Waals surface area contributed by atoms with Crippen LogP contribution in [0.3, 0.4) is 0 Å². The molecule has 0 aromatic heterocycles. The van der Waals surface area contributed by atoms with Gasteiger partial charge in [-0.2, -0.15) is 12.6 Å². The van der Waals surface area contributed by atoms with Crippen molar-refractivity contribution in [1.82, 2.24) is 5.01 Å². The second kappa shape index (κ2) is 3.46. The van der Waals surface area contributed by atoms with Crippen LogP contribution >= 0.6 is 12.6 Å². The average molecular weight is 106 g/mol. The maximum absolute atomic E-state index is 5.19. The summed E-state index contributed by atoms with van der Waals surface area (Å²) < 4.78 is 0. The summed E-state index contributed by atoms with van der Waals surface area (Å²) in [6, 6.07) is 0. The van der Waals surface area contributed by atoms with Gasteiger partial charge >= 0.3 is 0 Å². The molecule has 2 N–H and O–H groups in total. The minimum absolute atomic E-state index is 0.826. The van der Waals surface area contributed by atoms with Crippen molar-refractivity contribution in [2.24, 2.45) is 5.84 Å². The van der Waals surface area contributed by atoms with E-state index in [1.54, 1.807) is 5.01 Å². The third-order valence-corrected chi connectivity index (χ3v) is 0.653. The van der Waals surface area contributed by atoms with E-state index in [2.05, 4.69) is 12.6 Å². The Hall–Kier alpha value is 0.270. The lowest BCUT2D eigenvalue weighted by molar-refractivity contribution is 0.373. The van der Waals surface area contributed by atoms with Gasteiger partial charge in [0.15, 0.2) is 0 Å². The molecular weight excluding hydrogens is 96.1 g/mol. The Morgan fingerprint density at radius 1 is 1.83 bits per heavy atom. The third kappa shape index (κ3) is 4.27. The van der Waals surface area contributed by atoms with Crippen molar-refractivity contribution in [2.75, 3.05) is 19.3 Å². The molecule has 0 aliphatic carbocycles. The number of hydrogen-bond acceptors (Lipinski definition) is 3. The van der Waals surface area contributed by atoms with E-state index in [1.165, 1.54) is 0 Å². The summed E-state index contributed by atoms with van der Waals surface area (Å²) in [5, 5.41) is 1.60. The Morgan fingerprint density at radius 2 is 2.33 bits per heavy atom. The molecule has 0 rings (SSSR count). The standard InChI is InChI=1S/C3H10N2S/c1-5(4)2-3-6/h6H,2-4H2,1H3. The lowest BCUT2D eigenvalue weighted by Gasteiger charge is -2.03. The van der Waals surface area contributed by atoms with Crippen LogP contribution in [0.5, 0.6) is 0 Å². The predicted octanol–water partition coefficient (Wildman–Crippen LogP) is -0.278. The van der Waals surface area contributed by atoms with Crippen molar-refractivity contribution in [3.8, 4) is 0 Å². The first-order valence-electron chi connectivity index (χ1n) is 1.84. The zero-order chi connectivity index (χ0) is 4.99. The van der Waals surface area contributed by atoms with Crippen molar-refractivity contribution in [3.63, 3.8) is 0 Å². The van der Waals surface area contributed by atoms with E-state index in [9.17, 15) is 0 Å². The zero-order valence-corrected chi connectivity index (χ0v) is 4.78. The van der Waals surface area contributed by atoms with Gasteiger partial charge in [0.1, 0.15) is 0 Å². The van der Waals surface area contributed by atoms with E-state index < -0.39 is 0 Å². The highest BCUT2D eigenvalue weighted by atomic mass is 32.1. The lowest BCUT2D eigenvalue weighted by Crippen LogP contribution is -2.27. The molecule has 0 unspecified atom stereocenters. The summed E-state index contributed by atoms with van der Waals surface area (Å²) >= 11 is 3.94. The molecule has 3 heteroatoms. The quantitative estimate of drug-likeness (QED) is 0.288. The van der Waals surface area contributed by atoms with Gasteiger partial charge in [-0.1, -0.05) is 0 Å². The molecule has 0 saturated heterocycles. The van der Waals surface area contributed by atoms with Gasteiger partial charge in [0, 0.05) is 19.3 Å². The molecule has 0 bridgehead atoms. The first-order valence-corrected chi connectivity index (χ1v) is 2.47. The summed E-state index contributed by atoms with van der Waals surface area (Å²) in [5.41, 5.74) is 0. The Labute approximate surface area is 43.7 Å². The van der Waals surface area contributed by atoms with Crippen LogP contribution in [0.1, 0.15) is 0 Å². The van der Waals surface area contributed by atoms with E-state index in [4.69, 9.17) is 5.84 Å². The first-order chi connectivity index (χ1) is 2.77. The van der Waals surface area contributed by atoms with Crippen molar-refractivity contribution < 1.29 is 0 Å². The predicted molar refractivity (Wildman–Crippen MR) is 30.7 cm³/mol. The summed E-state index contributed by atoms with van der Waals surface area (Å²) in [6.45, 7) is 0.850. The fourth-order valence-electron chi connectivity index (χ4n) is 0.158. The molecular formula is C3H10N2S. The largest absolute Gasteiger partial charge is 0.269 e. The molecule has 0 fully saturated rings. The molecule has 0 spiro atoms. The lowest BCUT2D eigenvalue weighted by atomic mass is 10.7. The van der Waals surface area contributed by atoms with E-state index in [0.717, 1.165) is 12.3 Å². The van der Waals surface area contributed by atoms with E-state index >= 15 is 0 Å². The van der Waals surface area contributed by atoms with Crippen LogP contribution in [-0.4, -0.2) is 24.4 Å². The molecule has 38 valence electrons. The van der Waals surface area contributed by atoms with Crippen molar-refractivity contribution >= 4 is 12.6 Å². The molecule has 0 aliphatic rings. The summed E-state index contributed by atoms with van der Waals surface area (Å²) in [7, 11) is 1.82. The van der Waals surface area contributed by atoms with Crippen LogP contribution in [-0.2, 0) is 0 Å². The molecule has 0 atom stereocenters. The number of nitrogens with two attached hydrogens (primary N) is 1. The Bertz CT molecular complexity index is 30.0. The van der Waals surface area contributed by atoms with Crippen LogP contribution in [0.2, 0.25) is 0 Å². The first kappa shape index (κ1) is 6.27. The number of nitrogens with zero attached hydrogens (tertiary/aromatic N) is 1. The monoisotopic (exact) mass is 106 g/mol. The van der Waals surface area contributed by atoms with Gasteiger partial charge in [-0.3, -0.25) is 5.84 Å². The maximum Gasteiger partial charge on any atom is 0.0213 e. The second-order valence-corrected chi connectivity index (χ2v) is 1.65. The molecule has 0 aliphatic heterocycles. The molecule has 0 amide bonds. The Morgan fingerprint density at radius 3 is 2.33 bits per heavy atom. The van der Waals surface area contributed by atoms with Gasteiger partial charge in [0.2, 0.25) is 0 Å². The van der Waals surface area contributed by atoms with E-state index in [0.29, 0.717) is 0 Å². The van der Waals surface area contributed by atoms with Crippen LogP contribution in [0.4, 0.5) is 0 Å². The van der Waals surface area contributed by atoms with E-state index in [1.807, 2.05) is 7.05 Å². The number of hydrogen-bond donors (Lipinski definition) is 2. The highest BCUT2D eigenvalue weighted by Gasteiger charge is 1.80. The summed E-state index contributed by atoms with van der Waals surface area (Å²) in [4.78, 5) is 0. The molecule has 0 heterocycles. The van der Waals surface area contributed by atoms with Gasteiger partial charge in [0.25, 0.3) is 0 Å². The van der Waals surface area contributed by atoms with Gasteiger partial charge < -0.3 is 0 Å². The third-order valence-electron chi connectivity index (χ3n) is 0.453. The molecule has 0 saturated carbocycles. The van der Waals surface area contributed by atoms with Gasteiger partial charge in [0.05, 0.1) is 0 Å². The van der Waals surface area contributed by atoms with Crippen LogP contribution in [0.25, 0.3) is 0 Å². The topological polar surface area (TPSA) is 29.3 Å². The fourth-order valence-corrected chi connectivity index (χ4v) is 0.473. The normalized spacial score (nSPS) is 10.0. The van der Waals surface area contributed by atoms with Gasteiger partial charge in [-0.25, -0.2) is 5.01 Å². The highest BCUT2D eigenvalue weighted by Crippen LogP contribution is 1.71. The molecule has 0 aromatic rings. The summed E-state index contributed by atoms with van der Waals surface area (Å²) in [5.74, 6) is 6.01. The summed E-state index contributed by atoms with van der Waals surface area (Å²) in [6.07, 6.45) is 0. The van der Waals surface area contributed by atoms with E-state index in [-0.39, 0.29) is 0 Å². The van der Waals surface area contributed by atoms with Crippen molar-refractivity contribution in [3.05, 3.63) is 0 Å². The Balaban J connectivity index is 2.63. The number of thiol groups is 1. The fraction of sp³-hybridized carbons (Fsp3) is 1.00. The van der Waals surface area contributed by atoms with Gasteiger partial charge in [-0.05, 0) is 0 Å². The molecule has 6 heavy (non-hydrogen) atoms. The van der Waals surface area contributed by atoms with Gasteiger partial charge in [-0.15, -0.1) is 0 Å².